The molecular weight excluding hydrogens is 227 g/mol. The van der Waals surface area contributed by atoms with Crippen LogP contribution in [0.15, 0.2) is 42.5 Å². The van der Waals surface area contributed by atoms with Crippen molar-refractivity contribution in [2.24, 2.45) is 0 Å². The molecule has 0 bridgehead atoms. The molecule has 1 N–H and O–H groups in total. The Morgan fingerprint density at radius 3 is 2.75 bits per heavy atom. The molecule has 0 aliphatic rings. The first-order chi connectivity index (χ1) is 7.74. The molecule has 1 aromatic heterocycles. The zero-order valence-corrected chi connectivity index (χ0v) is 9.21. The smallest absolute Gasteiger partial charge is 0.214 e. The third-order valence-corrected chi connectivity index (χ3v) is 2.31. The Hall–Kier alpha value is -1.61. The highest BCUT2D eigenvalue weighted by atomic mass is 35.5. The fourth-order valence-corrected chi connectivity index (χ4v) is 1.56. The Labute approximate surface area is 98.1 Å². The van der Waals surface area contributed by atoms with E-state index in [2.05, 4.69) is 10.3 Å². The Bertz CT molecular complexity index is 442. The van der Waals surface area contributed by atoms with Crippen molar-refractivity contribution in [1.29, 1.82) is 0 Å². The highest BCUT2D eigenvalue weighted by Crippen LogP contribution is 2.12. The Morgan fingerprint density at radius 2 is 2.00 bits per heavy atom. The van der Waals surface area contributed by atoms with E-state index in [4.69, 9.17) is 11.6 Å². The van der Waals surface area contributed by atoms with Gasteiger partial charge in [0.25, 0.3) is 0 Å². The second-order valence-electron chi connectivity index (χ2n) is 3.33. The van der Waals surface area contributed by atoms with Gasteiger partial charge >= 0.3 is 0 Å². The summed E-state index contributed by atoms with van der Waals surface area (Å²) in [5.41, 5.74) is 1.03. The lowest BCUT2D eigenvalue weighted by Crippen LogP contribution is -2.01. The van der Waals surface area contributed by atoms with Crippen LogP contribution in [0.5, 0.6) is 0 Å². The number of anilines is 1. The zero-order chi connectivity index (χ0) is 11.4. The lowest BCUT2D eigenvalue weighted by atomic mass is 10.2. The first-order valence-corrected chi connectivity index (χ1v) is 5.23. The molecule has 0 aliphatic carbocycles. The monoisotopic (exact) mass is 236 g/mol. The number of hydrogen-bond donors (Lipinski definition) is 1. The summed E-state index contributed by atoms with van der Waals surface area (Å²) in [4.78, 5) is 3.70. The first-order valence-electron chi connectivity index (χ1n) is 4.85. The van der Waals surface area contributed by atoms with E-state index in [0.717, 1.165) is 5.56 Å². The van der Waals surface area contributed by atoms with Crippen LogP contribution < -0.4 is 5.32 Å². The molecule has 0 amide bonds. The van der Waals surface area contributed by atoms with Crippen LogP contribution in [0.4, 0.5) is 10.2 Å². The van der Waals surface area contributed by atoms with Crippen molar-refractivity contribution in [3.8, 4) is 0 Å². The van der Waals surface area contributed by atoms with Crippen molar-refractivity contribution in [2.45, 2.75) is 6.54 Å². The Balaban J connectivity index is 2.02. The van der Waals surface area contributed by atoms with Crippen LogP contribution in [0.3, 0.4) is 0 Å². The van der Waals surface area contributed by atoms with Gasteiger partial charge in [-0.05, 0) is 29.8 Å². The summed E-state index contributed by atoms with van der Waals surface area (Å²) in [6.45, 7) is 0.566. The van der Waals surface area contributed by atoms with Crippen molar-refractivity contribution in [3.05, 3.63) is 59.0 Å². The largest absolute Gasteiger partial charge is 0.366 e. The molecule has 0 saturated carbocycles. The minimum absolute atomic E-state index is 0.490. The minimum atomic E-state index is -0.490. The van der Waals surface area contributed by atoms with Crippen molar-refractivity contribution in [1.82, 2.24) is 4.98 Å². The Morgan fingerprint density at radius 1 is 1.19 bits per heavy atom. The number of benzene rings is 1. The zero-order valence-electron chi connectivity index (χ0n) is 8.45. The fraction of sp³-hybridized carbons (Fsp3) is 0.0833. The van der Waals surface area contributed by atoms with E-state index in [1.165, 1.54) is 6.07 Å². The second-order valence-corrected chi connectivity index (χ2v) is 3.77. The summed E-state index contributed by atoms with van der Waals surface area (Å²) in [6, 6.07) is 12.1. The van der Waals surface area contributed by atoms with Gasteiger partial charge in [0.05, 0.1) is 0 Å². The molecule has 0 unspecified atom stereocenters. The Kier molecular flexibility index (Phi) is 3.37. The molecule has 0 atom stereocenters. The standard InChI is InChI=1S/C12H10ClFN2/c13-10-4-1-3-9(7-10)8-15-12-6-2-5-11(14)16-12/h1-7H,8H2,(H,15,16). The molecule has 0 aliphatic heterocycles. The maximum absolute atomic E-state index is 12.8. The molecule has 2 nitrogen and oxygen atoms in total. The molecule has 1 aromatic carbocycles. The van der Waals surface area contributed by atoms with Gasteiger partial charge in [0.1, 0.15) is 5.82 Å². The van der Waals surface area contributed by atoms with E-state index >= 15 is 0 Å². The van der Waals surface area contributed by atoms with Gasteiger partial charge in [0, 0.05) is 11.6 Å². The van der Waals surface area contributed by atoms with E-state index in [1.807, 2.05) is 24.3 Å². The number of halogens is 2. The number of hydrogen-bond acceptors (Lipinski definition) is 2. The third-order valence-electron chi connectivity index (χ3n) is 2.08. The quantitative estimate of drug-likeness (QED) is 0.826. The number of aromatic nitrogens is 1. The summed E-state index contributed by atoms with van der Waals surface area (Å²) < 4.78 is 12.8. The topological polar surface area (TPSA) is 24.9 Å². The van der Waals surface area contributed by atoms with E-state index in [0.29, 0.717) is 17.4 Å². The van der Waals surface area contributed by atoms with Gasteiger partial charge in [0.15, 0.2) is 0 Å². The molecule has 16 heavy (non-hydrogen) atoms. The van der Waals surface area contributed by atoms with Crippen molar-refractivity contribution in [2.75, 3.05) is 5.32 Å². The lowest BCUT2D eigenvalue weighted by Gasteiger charge is -2.05. The average molecular weight is 237 g/mol. The average Bonchev–Trinajstić information content (AvgIpc) is 2.27. The van der Waals surface area contributed by atoms with Crippen molar-refractivity contribution < 1.29 is 4.39 Å². The summed E-state index contributed by atoms with van der Waals surface area (Å²) >= 11 is 5.85. The van der Waals surface area contributed by atoms with Crippen LogP contribution in [-0.2, 0) is 6.54 Å². The number of nitrogens with zero attached hydrogens (tertiary/aromatic N) is 1. The molecule has 0 saturated heterocycles. The summed E-state index contributed by atoms with van der Waals surface area (Å²) in [5, 5.41) is 3.71. The van der Waals surface area contributed by atoms with Gasteiger partial charge in [-0.15, -0.1) is 0 Å². The predicted octanol–water partition coefficient (Wildman–Crippen LogP) is 3.49. The summed E-state index contributed by atoms with van der Waals surface area (Å²) in [7, 11) is 0. The van der Waals surface area contributed by atoms with E-state index in [9.17, 15) is 4.39 Å². The van der Waals surface area contributed by atoms with E-state index in [1.54, 1.807) is 12.1 Å². The van der Waals surface area contributed by atoms with Crippen LogP contribution in [0.25, 0.3) is 0 Å². The van der Waals surface area contributed by atoms with E-state index < -0.39 is 5.95 Å². The van der Waals surface area contributed by atoms with E-state index in [-0.39, 0.29) is 0 Å². The van der Waals surface area contributed by atoms with Crippen LogP contribution in [0.1, 0.15) is 5.56 Å². The number of nitrogens with one attached hydrogen (secondary N) is 1. The fourth-order valence-electron chi connectivity index (χ4n) is 1.35. The van der Waals surface area contributed by atoms with Crippen LogP contribution in [0, 0.1) is 5.95 Å². The number of rotatable bonds is 3. The highest BCUT2D eigenvalue weighted by Gasteiger charge is 1.97. The van der Waals surface area contributed by atoms with Crippen LogP contribution in [-0.4, -0.2) is 4.98 Å². The number of pyridine rings is 1. The molecule has 2 rings (SSSR count). The summed E-state index contributed by atoms with van der Waals surface area (Å²) in [5.74, 6) is 0.0241. The molecule has 4 heteroatoms. The SMILES string of the molecule is Fc1cccc(NCc2cccc(Cl)c2)n1. The molecule has 0 radical (unpaired) electrons. The molecule has 0 spiro atoms. The molecule has 1 heterocycles. The predicted molar refractivity (Wildman–Crippen MR) is 63.0 cm³/mol. The van der Waals surface area contributed by atoms with Crippen LogP contribution in [0.2, 0.25) is 5.02 Å². The van der Waals surface area contributed by atoms with Gasteiger partial charge in [-0.3, -0.25) is 0 Å². The maximum Gasteiger partial charge on any atom is 0.214 e. The third kappa shape index (κ3) is 2.94. The second kappa shape index (κ2) is 4.94. The van der Waals surface area contributed by atoms with Gasteiger partial charge in [0.2, 0.25) is 5.95 Å². The normalized spacial score (nSPS) is 10.1. The van der Waals surface area contributed by atoms with Crippen LogP contribution >= 0.6 is 11.6 Å². The molecule has 82 valence electrons. The molecular formula is C12H10ClFN2. The van der Waals surface area contributed by atoms with Gasteiger partial charge in [-0.25, -0.2) is 4.98 Å². The van der Waals surface area contributed by atoms with Crippen molar-refractivity contribution >= 4 is 17.4 Å². The lowest BCUT2D eigenvalue weighted by molar-refractivity contribution is 0.585. The minimum Gasteiger partial charge on any atom is -0.366 e. The maximum atomic E-state index is 12.8. The summed E-state index contributed by atoms with van der Waals surface area (Å²) in [6.07, 6.45) is 0. The van der Waals surface area contributed by atoms with Gasteiger partial charge < -0.3 is 5.32 Å². The van der Waals surface area contributed by atoms with Crippen molar-refractivity contribution in [3.63, 3.8) is 0 Å². The first kappa shape index (κ1) is 10.9. The highest BCUT2D eigenvalue weighted by molar-refractivity contribution is 6.30. The van der Waals surface area contributed by atoms with Gasteiger partial charge in [-0.2, -0.15) is 4.39 Å². The molecule has 0 fully saturated rings. The molecule has 2 aromatic rings. The van der Waals surface area contributed by atoms with Gasteiger partial charge in [-0.1, -0.05) is 29.8 Å².